The molecule has 0 bridgehead atoms. The Morgan fingerprint density at radius 2 is 2.27 bits per heavy atom. The van der Waals surface area contributed by atoms with Gasteiger partial charge in [-0.25, -0.2) is 4.99 Å². The van der Waals surface area contributed by atoms with Crippen molar-refractivity contribution < 1.29 is 14.4 Å². The summed E-state index contributed by atoms with van der Waals surface area (Å²) in [7, 11) is 0. The number of aliphatic hydroxyl groups excluding tert-OH is 1. The molecule has 0 saturated carbocycles. The van der Waals surface area contributed by atoms with E-state index in [4.69, 9.17) is 4.52 Å². The fraction of sp³-hybridized carbons (Fsp3) is 0.300. The monoisotopic (exact) mass is 208 g/mol. The Morgan fingerprint density at radius 3 is 2.67 bits per heavy atom. The summed E-state index contributed by atoms with van der Waals surface area (Å²) in [5.41, 5.74) is 0.163. The number of hydrogen-bond donors (Lipinski definition) is 1. The molecular weight excluding hydrogens is 196 g/mol. The largest absolute Gasteiger partial charge is 0.512 e. The molecule has 0 aliphatic heterocycles. The van der Waals surface area contributed by atoms with Crippen LogP contribution < -0.4 is 0 Å². The van der Waals surface area contributed by atoms with Gasteiger partial charge in [-0.1, -0.05) is 5.16 Å². The van der Waals surface area contributed by atoms with Crippen LogP contribution >= 0.6 is 0 Å². The molecule has 0 saturated heterocycles. The molecule has 1 aromatic heterocycles. The van der Waals surface area contributed by atoms with Crippen LogP contribution in [0.5, 0.6) is 0 Å². The highest BCUT2D eigenvalue weighted by atomic mass is 16.5. The first-order chi connectivity index (χ1) is 7.00. The average Bonchev–Trinajstić information content (AvgIpc) is 2.50. The fourth-order valence-corrected chi connectivity index (χ4v) is 0.984. The second kappa shape index (κ2) is 4.54. The molecule has 5 heteroatoms. The molecule has 0 atom stereocenters. The molecule has 5 nitrogen and oxygen atoms in total. The predicted molar refractivity (Wildman–Crippen MR) is 55.4 cm³/mol. The molecular formula is C10H12N2O3. The maximum atomic E-state index is 11.1. The second-order valence-corrected chi connectivity index (χ2v) is 3.11. The summed E-state index contributed by atoms with van der Waals surface area (Å²) in [6, 6.07) is 1.63. The van der Waals surface area contributed by atoms with Gasteiger partial charge in [-0.2, -0.15) is 0 Å². The van der Waals surface area contributed by atoms with E-state index in [0.29, 0.717) is 11.6 Å². The van der Waals surface area contributed by atoms with Gasteiger partial charge in [0.2, 0.25) is 0 Å². The lowest BCUT2D eigenvalue weighted by Crippen LogP contribution is -2.01. The molecule has 0 unspecified atom stereocenters. The van der Waals surface area contributed by atoms with Crippen LogP contribution in [0.2, 0.25) is 0 Å². The molecule has 0 aromatic carbocycles. The summed E-state index contributed by atoms with van der Waals surface area (Å²) in [6.07, 6.45) is 1.27. The molecule has 0 aliphatic carbocycles. The standard InChI is InChI=1S/C10H12N2O3/c1-6-4-10(12-15-6)11-5-9(7(2)13)8(3)14/h4-5,13H,1-3H3. The Bertz CT molecular complexity index is 426. The molecule has 15 heavy (non-hydrogen) atoms. The number of aliphatic imine (C=N–C) groups is 1. The van der Waals surface area contributed by atoms with Crippen LogP contribution in [0.25, 0.3) is 0 Å². The van der Waals surface area contributed by atoms with E-state index in [1.54, 1.807) is 13.0 Å². The third-order valence-corrected chi connectivity index (χ3v) is 1.71. The Morgan fingerprint density at radius 1 is 1.60 bits per heavy atom. The van der Waals surface area contributed by atoms with E-state index in [-0.39, 0.29) is 17.1 Å². The van der Waals surface area contributed by atoms with Crippen molar-refractivity contribution in [3.05, 3.63) is 23.2 Å². The number of hydrogen-bond acceptors (Lipinski definition) is 5. The minimum Gasteiger partial charge on any atom is -0.512 e. The van der Waals surface area contributed by atoms with Crippen LogP contribution in [-0.2, 0) is 4.79 Å². The summed E-state index contributed by atoms with van der Waals surface area (Å²) in [5, 5.41) is 12.8. The molecule has 1 aromatic rings. The van der Waals surface area contributed by atoms with Crippen molar-refractivity contribution >= 4 is 17.8 Å². The average molecular weight is 208 g/mol. The highest BCUT2D eigenvalue weighted by Crippen LogP contribution is 2.11. The summed E-state index contributed by atoms with van der Waals surface area (Å²) >= 11 is 0. The van der Waals surface area contributed by atoms with E-state index >= 15 is 0 Å². The van der Waals surface area contributed by atoms with Gasteiger partial charge in [0.25, 0.3) is 0 Å². The van der Waals surface area contributed by atoms with Gasteiger partial charge < -0.3 is 9.63 Å². The van der Waals surface area contributed by atoms with Gasteiger partial charge in [-0.05, 0) is 20.8 Å². The lowest BCUT2D eigenvalue weighted by Gasteiger charge is -1.95. The van der Waals surface area contributed by atoms with E-state index in [1.807, 2.05) is 0 Å². The van der Waals surface area contributed by atoms with Gasteiger partial charge in [0.05, 0.1) is 5.57 Å². The van der Waals surface area contributed by atoms with Gasteiger partial charge in [-0.3, -0.25) is 4.79 Å². The lowest BCUT2D eigenvalue weighted by molar-refractivity contribution is -0.113. The maximum absolute atomic E-state index is 11.1. The van der Waals surface area contributed by atoms with Crippen LogP contribution in [0.15, 0.2) is 26.9 Å². The zero-order valence-electron chi connectivity index (χ0n) is 8.81. The van der Waals surface area contributed by atoms with E-state index in [9.17, 15) is 9.90 Å². The Kier molecular flexibility index (Phi) is 3.38. The zero-order valence-corrected chi connectivity index (χ0v) is 8.81. The minimum atomic E-state index is -0.251. The molecule has 0 spiro atoms. The van der Waals surface area contributed by atoms with Crippen molar-refractivity contribution in [1.29, 1.82) is 0 Å². The number of ketones is 1. The number of aliphatic hydroxyl groups is 1. The Balaban J connectivity index is 2.89. The summed E-state index contributed by atoms with van der Waals surface area (Å²) in [5.74, 6) is 0.689. The molecule has 0 amide bonds. The number of rotatable bonds is 3. The summed E-state index contributed by atoms with van der Waals surface area (Å²) in [4.78, 5) is 15.0. The Labute approximate surface area is 87.1 Å². The van der Waals surface area contributed by atoms with Crippen molar-refractivity contribution in [1.82, 2.24) is 5.16 Å². The molecule has 1 N–H and O–H groups in total. The first-order valence-electron chi connectivity index (χ1n) is 4.39. The molecule has 1 rings (SSSR count). The highest BCUT2D eigenvalue weighted by molar-refractivity contribution is 6.12. The van der Waals surface area contributed by atoms with Gasteiger partial charge in [0, 0.05) is 12.3 Å². The van der Waals surface area contributed by atoms with Gasteiger partial charge in [0.1, 0.15) is 11.5 Å². The van der Waals surface area contributed by atoms with Crippen molar-refractivity contribution in [3.63, 3.8) is 0 Å². The smallest absolute Gasteiger partial charge is 0.195 e. The highest BCUT2D eigenvalue weighted by Gasteiger charge is 2.05. The quantitative estimate of drug-likeness (QED) is 0.469. The number of aryl methyl sites for hydroxylation is 1. The van der Waals surface area contributed by atoms with E-state index in [0.717, 1.165) is 0 Å². The number of nitrogens with zero attached hydrogens (tertiary/aromatic N) is 2. The van der Waals surface area contributed by atoms with Crippen LogP contribution in [0.3, 0.4) is 0 Å². The van der Waals surface area contributed by atoms with E-state index in [2.05, 4.69) is 10.1 Å². The topological polar surface area (TPSA) is 75.7 Å². The van der Waals surface area contributed by atoms with Crippen molar-refractivity contribution in [2.45, 2.75) is 20.8 Å². The van der Waals surface area contributed by atoms with Crippen molar-refractivity contribution in [2.75, 3.05) is 0 Å². The third kappa shape index (κ3) is 3.05. The minimum absolute atomic E-state index is 0.0635. The van der Waals surface area contributed by atoms with Crippen LogP contribution in [0.4, 0.5) is 5.82 Å². The van der Waals surface area contributed by atoms with E-state index < -0.39 is 0 Å². The third-order valence-electron chi connectivity index (χ3n) is 1.71. The van der Waals surface area contributed by atoms with Crippen molar-refractivity contribution in [2.24, 2.45) is 4.99 Å². The molecule has 0 fully saturated rings. The number of carbonyl (C=O) groups is 1. The number of allylic oxidation sites excluding steroid dienone is 2. The zero-order chi connectivity index (χ0) is 11.4. The van der Waals surface area contributed by atoms with Crippen LogP contribution in [0.1, 0.15) is 19.6 Å². The number of aromatic nitrogens is 1. The van der Waals surface area contributed by atoms with Crippen LogP contribution in [-0.4, -0.2) is 22.3 Å². The first kappa shape index (κ1) is 11.2. The molecule has 0 radical (unpaired) electrons. The summed E-state index contributed by atoms with van der Waals surface area (Å²) in [6.45, 7) is 4.52. The normalized spacial score (nSPS) is 13.0. The molecule has 80 valence electrons. The molecule has 1 heterocycles. The van der Waals surface area contributed by atoms with Gasteiger partial charge in [0.15, 0.2) is 11.6 Å². The van der Waals surface area contributed by atoms with Crippen molar-refractivity contribution in [3.8, 4) is 0 Å². The van der Waals surface area contributed by atoms with Gasteiger partial charge >= 0.3 is 0 Å². The lowest BCUT2D eigenvalue weighted by atomic mass is 10.2. The Hall–Kier alpha value is -1.91. The maximum Gasteiger partial charge on any atom is 0.195 e. The number of carbonyl (C=O) groups excluding carboxylic acids is 1. The molecule has 0 aliphatic rings. The SMILES string of the molecule is CC(=O)C(C=Nc1cc(C)on1)=C(C)O. The van der Waals surface area contributed by atoms with Crippen LogP contribution in [0, 0.1) is 6.92 Å². The first-order valence-corrected chi connectivity index (χ1v) is 4.39. The summed E-state index contributed by atoms with van der Waals surface area (Å²) < 4.78 is 4.79. The van der Waals surface area contributed by atoms with Gasteiger partial charge in [-0.15, -0.1) is 0 Å². The van der Waals surface area contributed by atoms with E-state index in [1.165, 1.54) is 20.1 Å². The second-order valence-electron chi connectivity index (χ2n) is 3.11. The number of Topliss-reactive ketones (excluding diaryl/α,β-unsaturated/α-hetero) is 1. The fourth-order valence-electron chi connectivity index (χ4n) is 0.984. The predicted octanol–water partition coefficient (Wildman–Crippen LogP) is 2.11.